The Bertz CT molecular complexity index is 807. The lowest BCUT2D eigenvalue weighted by Crippen LogP contribution is -2.37. The minimum Gasteiger partial charge on any atom is -0.462 e. The van der Waals surface area contributed by atoms with Gasteiger partial charge in [-0.05, 0) is 31.7 Å². The number of benzene rings is 1. The molecule has 1 aromatic carbocycles. The molecule has 0 aliphatic carbocycles. The summed E-state index contributed by atoms with van der Waals surface area (Å²) in [7, 11) is 1.87. The Labute approximate surface area is 164 Å². The molecule has 2 aromatic rings. The second kappa shape index (κ2) is 9.86. The van der Waals surface area contributed by atoms with Crippen LogP contribution in [0.15, 0.2) is 29.4 Å². The topological polar surface area (TPSA) is 110 Å². The Morgan fingerprint density at radius 3 is 2.89 bits per heavy atom. The number of morpholine rings is 1. The summed E-state index contributed by atoms with van der Waals surface area (Å²) in [6.07, 6.45) is 1.64. The molecule has 0 amide bonds. The summed E-state index contributed by atoms with van der Waals surface area (Å²) >= 11 is 0. The largest absolute Gasteiger partial charge is 0.462 e. The molecule has 9 nitrogen and oxygen atoms in total. The van der Waals surface area contributed by atoms with Crippen molar-refractivity contribution in [2.45, 2.75) is 6.92 Å². The number of hydrogen-bond acceptors (Lipinski definition) is 9. The Hall–Kier alpha value is -2.91. The quantitative estimate of drug-likeness (QED) is 0.270. The summed E-state index contributed by atoms with van der Waals surface area (Å²) in [5.41, 5.74) is 12.1. The number of rotatable bonds is 8. The molecule has 1 fully saturated rings. The zero-order valence-electron chi connectivity index (χ0n) is 16.3. The van der Waals surface area contributed by atoms with E-state index in [2.05, 4.69) is 30.7 Å². The molecule has 9 heteroatoms. The van der Waals surface area contributed by atoms with Crippen molar-refractivity contribution >= 4 is 23.4 Å². The van der Waals surface area contributed by atoms with E-state index in [0.29, 0.717) is 43.8 Å². The highest BCUT2D eigenvalue weighted by Gasteiger charge is 2.15. The molecule has 1 aliphatic rings. The Morgan fingerprint density at radius 2 is 2.11 bits per heavy atom. The average molecular weight is 385 g/mol. The highest BCUT2D eigenvalue weighted by Crippen LogP contribution is 2.20. The third-order valence-corrected chi connectivity index (χ3v) is 4.22. The number of nitrogen functional groups attached to an aromatic ring is 1. The molecule has 0 saturated carbocycles. The number of hydrogen-bond donors (Lipinski definition) is 3. The lowest BCUT2D eigenvalue weighted by atomic mass is 10.2. The first kappa shape index (κ1) is 19.8. The third kappa shape index (κ3) is 5.54. The number of hydrazone groups is 1. The van der Waals surface area contributed by atoms with Crippen molar-refractivity contribution in [2.75, 3.05) is 62.6 Å². The molecule has 150 valence electrons. The monoisotopic (exact) mass is 385 g/mol. The first-order valence-electron chi connectivity index (χ1n) is 9.30. The first-order chi connectivity index (χ1) is 13.7. The zero-order valence-corrected chi connectivity index (χ0v) is 16.3. The van der Waals surface area contributed by atoms with Crippen LogP contribution in [-0.4, -0.2) is 62.7 Å². The van der Waals surface area contributed by atoms with E-state index >= 15 is 0 Å². The van der Waals surface area contributed by atoms with Crippen molar-refractivity contribution < 1.29 is 9.47 Å². The number of likely N-dealkylation sites (N-methyl/N-ethyl adjacent to an activating group) is 1. The molecule has 0 unspecified atom stereocenters. The van der Waals surface area contributed by atoms with Gasteiger partial charge in [0.1, 0.15) is 12.4 Å². The van der Waals surface area contributed by atoms with Gasteiger partial charge in [-0.25, -0.2) is 0 Å². The fraction of sp³-hybridized carbons (Fsp3) is 0.421. The highest BCUT2D eigenvalue weighted by molar-refractivity contribution is 5.80. The van der Waals surface area contributed by atoms with Gasteiger partial charge in [0.2, 0.25) is 0 Å². The summed E-state index contributed by atoms with van der Waals surface area (Å²) in [6, 6.07) is 7.97. The first-order valence-corrected chi connectivity index (χ1v) is 9.30. The van der Waals surface area contributed by atoms with Gasteiger partial charge in [-0.15, -0.1) is 0 Å². The third-order valence-electron chi connectivity index (χ3n) is 4.22. The van der Waals surface area contributed by atoms with E-state index in [1.807, 2.05) is 38.2 Å². The molecule has 1 aliphatic heterocycles. The highest BCUT2D eigenvalue weighted by atomic mass is 16.5. The number of nitrogens with two attached hydrogens (primary N) is 1. The molecule has 1 aromatic heterocycles. The van der Waals surface area contributed by atoms with Gasteiger partial charge in [0, 0.05) is 25.7 Å². The summed E-state index contributed by atoms with van der Waals surface area (Å²) in [5.74, 6) is 0.800. The van der Waals surface area contributed by atoms with E-state index in [9.17, 15) is 0 Å². The lowest BCUT2D eigenvalue weighted by molar-refractivity contribution is 0.122. The van der Waals surface area contributed by atoms with Crippen molar-refractivity contribution in [3.63, 3.8) is 0 Å². The zero-order chi connectivity index (χ0) is 19.8. The van der Waals surface area contributed by atoms with Crippen LogP contribution < -0.4 is 26.1 Å². The van der Waals surface area contributed by atoms with Gasteiger partial charge in [-0.2, -0.15) is 15.1 Å². The fourth-order valence-corrected chi connectivity index (χ4v) is 2.69. The van der Waals surface area contributed by atoms with Crippen LogP contribution >= 0.6 is 0 Å². The van der Waals surface area contributed by atoms with Gasteiger partial charge in [-0.3, -0.25) is 5.43 Å². The number of anilines is 3. The van der Waals surface area contributed by atoms with Crippen LogP contribution in [0, 0.1) is 6.92 Å². The maximum absolute atomic E-state index is 5.98. The van der Waals surface area contributed by atoms with Crippen LogP contribution in [-0.2, 0) is 4.74 Å². The van der Waals surface area contributed by atoms with Crippen molar-refractivity contribution in [2.24, 2.45) is 5.10 Å². The molecule has 2 heterocycles. The van der Waals surface area contributed by atoms with Gasteiger partial charge in [-0.1, -0.05) is 6.07 Å². The van der Waals surface area contributed by atoms with Crippen LogP contribution in [0.25, 0.3) is 0 Å². The van der Waals surface area contributed by atoms with Crippen molar-refractivity contribution in [3.05, 3.63) is 35.5 Å². The molecule has 0 radical (unpaired) electrons. The molecule has 4 N–H and O–H groups in total. The summed E-state index contributed by atoms with van der Waals surface area (Å²) in [5, 5.41) is 7.32. The maximum atomic E-state index is 5.98. The molecule has 1 saturated heterocycles. The van der Waals surface area contributed by atoms with E-state index < -0.39 is 0 Å². The molecule has 3 rings (SSSR count). The minimum atomic E-state index is 0.329. The number of ether oxygens (including phenoxy) is 2. The van der Waals surface area contributed by atoms with Crippen LogP contribution in [0.2, 0.25) is 0 Å². The van der Waals surface area contributed by atoms with Gasteiger partial charge in [0.05, 0.1) is 36.5 Å². The SMILES string of the molecule is CNCCOc1nc(C=NNc2cc(C)ccc2N)cc(N2CCOCC2)n1. The Morgan fingerprint density at radius 1 is 1.29 bits per heavy atom. The second-order valence-electron chi connectivity index (χ2n) is 6.45. The predicted molar refractivity (Wildman–Crippen MR) is 111 cm³/mol. The molecule has 0 bridgehead atoms. The van der Waals surface area contributed by atoms with Crippen LogP contribution in [0.1, 0.15) is 11.3 Å². The van der Waals surface area contributed by atoms with E-state index in [0.717, 1.165) is 30.2 Å². The van der Waals surface area contributed by atoms with Crippen LogP contribution in [0.5, 0.6) is 6.01 Å². The molecule has 28 heavy (non-hydrogen) atoms. The normalized spacial score (nSPS) is 14.4. The second-order valence-corrected chi connectivity index (χ2v) is 6.45. The van der Waals surface area contributed by atoms with Gasteiger partial charge in [0.15, 0.2) is 0 Å². The Balaban J connectivity index is 1.77. The van der Waals surface area contributed by atoms with E-state index in [1.54, 1.807) is 6.21 Å². The molecular formula is C19H27N7O2. The predicted octanol–water partition coefficient (Wildman–Crippen LogP) is 1.25. The lowest BCUT2D eigenvalue weighted by Gasteiger charge is -2.28. The fourth-order valence-electron chi connectivity index (χ4n) is 2.69. The van der Waals surface area contributed by atoms with Crippen molar-refractivity contribution in [3.8, 4) is 6.01 Å². The molecule has 0 spiro atoms. The van der Waals surface area contributed by atoms with Crippen LogP contribution in [0.4, 0.5) is 17.2 Å². The van der Waals surface area contributed by atoms with Crippen LogP contribution in [0.3, 0.4) is 0 Å². The van der Waals surface area contributed by atoms with Gasteiger partial charge in [0.25, 0.3) is 0 Å². The average Bonchev–Trinajstić information content (AvgIpc) is 2.71. The number of nitrogens with one attached hydrogen (secondary N) is 2. The summed E-state index contributed by atoms with van der Waals surface area (Å²) in [6.45, 7) is 6.11. The maximum Gasteiger partial charge on any atom is 0.319 e. The molecular weight excluding hydrogens is 358 g/mol. The van der Waals surface area contributed by atoms with Gasteiger partial charge < -0.3 is 25.4 Å². The summed E-state index contributed by atoms with van der Waals surface area (Å²) in [4.78, 5) is 11.1. The van der Waals surface area contributed by atoms with Gasteiger partial charge >= 0.3 is 6.01 Å². The number of aromatic nitrogens is 2. The minimum absolute atomic E-state index is 0.329. The van der Waals surface area contributed by atoms with E-state index in [4.69, 9.17) is 15.2 Å². The van der Waals surface area contributed by atoms with E-state index in [-0.39, 0.29) is 0 Å². The standard InChI is InChI=1S/C19H27N7O2/c1-14-3-4-16(20)17(11-14)25-22-13-15-12-18(26-6-9-27-10-7-26)24-19(23-15)28-8-5-21-2/h3-4,11-13,21,25H,5-10,20H2,1-2H3. The van der Waals surface area contributed by atoms with Crippen molar-refractivity contribution in [1.82, 2.24) is 15.3 Å². The van der Waals surface area contributed by atoms with Crippen molar-refractivity contribution in [1.29, 1.82) is 0 Å². The van der Waals surface area contributed by atoms with E-state index in [1.165, 1.54) is 0 Å². The Kier molecular flexibility index (Phi) is 6.99. The number of aryl methyl sites for hydroxylation is 1. The smallest absolute Gasteiger partial charge is 0.319 e. The molecule has 0 atom stereocenters. The summed E-state index contributed by atoms with van der Waals surface area (Å²) < 4.78 is 11.1. The number of nitrogens with zero attached hydrogens (tertiary/aromatic N) is 4.